The van der Waals surface area contributed by atoms with Crippen molar-refractivity contribution in [3.05, 3.63) is 23.8 Å². The standard InChI is InChI=1S/C9H8F4O2/c1-5-2-6(14-8(10)11)4-7(3-5)15-9(12)13/h2-4,8-9H,1H3. The van der Waals surface area contributed by atoms with Gasteiger partial charge in [0, 0.05) is 6.07 Å². The number of ether oxygens (including phenoxy) is 2. The first-order chi connectivity index (χ1) is 6.97. The summed E-state index contributed by atoms with van der Waals surface area (Å²) in [5.41, 5.74) is 0.490. The van der Waals surface area contributed by atoms with Gasteiger partial charge in [0.05, 0.1) is 0 Å². The molecule has 0 fully saturated rings. The van der Waals surface area contributed by atoms with Crippen LogP contribution in [0.1, 0.15) is 5.56 Å². The van der Waals surface area contributed by atoms with Gasteiger partial charge in [0.2, 0.25) is 0 Å². The molecule has 0 aliphatic heterocycles. The first-order valence-corrected chi connectivity index (χ1v) is 3.98. The van der Waals surface area contributed by atoms with E-state index in [4.69, 9.17) is 0 Å². The van der Waals surface area contributed by atoms with Crippen LogP contribution >= 0.6 is 0 Å². The van der Waals surface area contributed by atoms with Crippen molar-refractivity contribution in [1.82, 2.24) is 0 Å². The molecule has 0 aliphatic carbocycles. The highest BCUT2D eigenvalue weighted by molar-refractivity contribution is 5.37. The monoisotopic (exact) mass is 224 g/mol. The third-order valence-corrected chi connectivity index (χ3v) is 1.47. The Morgan fingerprint density at radius 2 is 1.27 bits per heavy atom. The highest BCUT2D eigenvalue weighted by atomic mass is 19.3. The Morgan fingerprint density at radius 3 is 1.60 bits per heavy atom. The first kappa shape index (κ1) is 11.6. The second kappa shape index (κ2) is 4.86. The average molecular weight is 224 g/mol. The van der Waals surface area contributed by atoms with Crippen molar-refractivity contribution in [3.8, 4) is 11.5 Å². The second-order valence-corrected chi connectivity index (χ2v) is 2.74. The van der Waals surface area contributed by atoms with Crippen LogP contribution in [0.2, 0.25) is 0 Å². The van der Waals surface area contributed by atoms with Crippen LogP contribution in [0.3, 0.4) is 0 Å². The molecule has 0 spiro atoms. The van der Waals surface area contributed by atoms with E-state index in [1.165, 1.54) is 12.1 Å². The van der Waals surface area contributed by atoms with Crippen LogP contribution in [-0.4, -0.2) is 13.2 Å². The Balaban J connectivity index is 2.84. The summed E-state index contributed by atoms with van der Waals surface area (Å²) in [6.45, 7) is -4.44. The Labute approximate surface area is 83.4 Å². The molecule has 84 valence electrons. The van der Waals surface area contributed by atoms with Crippen LogP contribution in [0.5, 0.6) is 11.5 Å². The molecule has 0 N–H and O–H groups in total. The van der Waals surface area contributed by atoms with Gasteiger partial charge in [-0.25, -0.2) is 0 Å². The SMILES string of the molecule is Cc1cc(OC(F)F)cc(OC(F)F)c1. The van der Waals surface area contributed by atoms with E-state index >= 15 is 0 Å². The Morgan fingerprint density at radius 1 is 0.867 bits per heavy atom. The van der Waals surface area contributed by atoms with Gasteiger partial charge in [0.1, 0.15) is 11.5 Å². The summed E-state index contributed by atoms with van der Waals surface area (Å²) < 4.78 is 55.5. The average Bonchev–Trinajstić information content (AvgIpc) is 1.98. The van der Waals surface area contributed by atoms with Gasteiger partial charge in [-0.05, 0) is 24.6 Å². The zero-order valence-corrected chi connectivity index (χ0v) is 7.72. The number of hydrogen-bond acceptors (Lipinski definition) is 2. The van der Waals surface area contributed by atoms with Crippen molar-refractivity contribution in [1.29, 1.82) is 0 Å². The maximum Gasteiger partial charge on any atom is 0.387 e. The lowest BCUT2D eigenvalue weighted by Crippen LogP contribution is -2.05. The molecule has 0 amide bonds. The fourth-order valence-electron chi connectivity index (χ4n) is 1.06. The van der Waals surface area contributed by atoms with Gasteiger partial charge in [-0.15, -0.1) is 0 Å². The minimum atomic E-state index is -2.99. The molecule has 15 heavy (non-hydrogen) atoms. The molecule has 1 aromatic carbocycles. The zero-order valence-electron chi connectivity index (χ0n) is 7.72. The van der Waals surface area contributed by atoms with Crippen molar-refractivity contribution in [2.24, 2.45) is 0 Å². The van der Waals surface area contributed by atoms with Gasteiger partial charge in [-0.3, -0.25) is 0 Å². The van der Waals surface area contributed by atoms with Gasteiger partial charge in [-0.1, -0.05) is 0 Å². The van der Waals surface area contributed by atoms with E-state index in [9.17, 15) is 17.6 Å². The van der Waals surface area contributed by atoms with Gasteiger partial charge in [0.25, 0.3) is 0 Å². The molecule has 0 aromatic heterocycles. The summed E-state index contributed by atoms with van der Waals surface area (Å²) in [7, 11) is 0. The summed E-state index contributed by atoms with van der Waals surface area (Å²) >= 11 is 0. The van der Waals surface area contributed by atoms with Gasteiger partial charge < -0.3 is 9.47 Å². The van der Waals surface area contributed by atoms with Crippen molar-refractivity contribution in [2.75, 3.05) is 0 Å². The summed E-state index contributed by atoms with van der Waals surface area (Å²) in [5.74, 6) is -0.415. The highest BCUT2D eigenvalue weighted by Gasteiger charge is 2.09. The van der Waals surface area contributed by atoms with Crippen molar-refractivity contribution in [2.45, 2.75) is 20.1 Å². The van der Waals surface area contributed by atoms with Crippen molar-refractivity contribution >= 4 is 0 Å². The highest BCUT2D eigenvalue weighted by Crippen LogP contribution is 2.25. The van der Waals surface area contributed by atoms with Crippen molar-refractivity contribution in [3.63, 3.8) is 0 Å². The van der Waals surface area contributed by atoms with Gasteiger partial charge in [0.15, 0.2) is 0 Å². The summed E-state index contributed by atoms with van der Waals surface area (Å²) in [5, 5.41) is 0. The van der Waals surface area contributed by atoms with E-state index in [-0.39, 0.29) is 11.5 Å². The maximum absolute atomic E-state index is 11.8. The molecule has 0 radical (unpaired) electrons. The van der Waals surface area contributed by atoms with Crippen LogP contribution in [-0.2, 0) is 0 Å². The lowest BCUT2D eigenvalue weighted by molar-refractivity contribution is -0.0543. The largest absolute Gasteiger partial charge is 0.435 e. The minimum Gasteiger partial charge on any atom is -0.435 e. The molecule has 1 rings (SSSR count). The van der Waals surface area contributed by atoms with E-state index < -0.39 is 13.2 Å². The van der Waals surface area contributed by atoms with E-state index in [0.29, 0.717) is 5.56 Å². The topological polar surface area (TPSA) is 18.5 Å². The van der Waals surface area contributed by atoms with Crippen LogP contribution in [0.25, 0.3) is 0 Å². The molecule has 0 bridgehead atoms. The number of hydrogen-bond donors (Lipinski definition) is 0. The number of aryl methyl sites for hydroxylation is 1. The second-order valence-electron chi connectivity index (χ2n) is 2.74. The number of benzene rings is 1. The molecule has 0 saturated carbocycles. The number of rotatable bonds is 4. The number of halogens is 4. The Hall–Kier alpha value is -1.46. The van der Waals surface area contributed by atoms with Crippen LogP contribution in [0.15, 0.2) is 18.2 Å². The summed E-state index contributed by atoms with van der Waals surface area (Å²) in [6, 6.07) is 3.57. The molecular formula is C9H8F4O2. The smallest absolute Gasteiger partial charge is 0.387 e. The Kier molecular flexibility index (Phi) is 3.76. The summed E-state index contributed by atoms with van der Waals surface area (Å²) in [4.78, 5) is 0. The van der Waals surface area contributed by atoms with Crippen LogP contribution in [0.4, 0.5) is 17.6 Å². The third-order valence-electron chi connectivity index (χ3n) is 1.47. The fraction of sp³-hybridized carbons (Fsp3) is 0.333. The fourth-order valence-corrected chi connectivity index (χ4v) is 1.06. The van der Waals surface area contributed by atoms with Gasteiger partial charge in [-0.2, -0.15) is 17.6 Å². The van der Waals surface area contributed by atoms with Gasteiger partial charge >= 0.3 is 13.2 Å². The van der Waals surface area contributed by atoms with Crippen molar-refractivity contribution < 1.29 is 27.0 Å². The normalized spacial score (nSPS) is 10.9. The van der Waals surface area contributed by atoms with E-state index in [0.717, 1.165) is 6.07 Å². The lowest BCUT2D eigenvalue weighted by Gasteiger charge is -2.09. The van der Waals surface area contributed by atoms with E-state index in [2.05, 4.69) is 9.47 Å². The molecule has 6 heteroatoms. The summed E-state index contributed by atoms with van der Waals surface area (Å²) in [6.07, 6.45) is 0. The molecule has 0 atom stereocenters. The lowest BCUT2D eigenvalue weighted by atomic mass is 10.2. The molecule has 1 aromatic rings. The molecule has 0 unspecified atom stereocenters. The molecular weight excluding hydrogens is 216 g/mol. The zero-order chi connectivity index (χ0) is 11.4. The predicted octanol–water partition coefficient (Wildman–Crippen LogP) is 3.20. The number of alkyl halides is 4. The van der Waals surface area contributed by atoms with Crippen LogP contribution < -0.4 is 9.47 Å². The maximum atomic E-state index is 11.8. The molecule has 0 saturated heterocycles. The van der Waals surface area contributed by atoms with E-state index in [1.807, 2.05) is 0 Å². The predicted molar refractivity (Wildman–Crippen MR) is 44.4 cm³/mol. The molecule has 2 nitrogen and oxygen atoms in total. The van der Waals surface area contributed by atoms with Crippen LogP contribution in [0, 0.1) is 6.92 Å². The molecule has 0 aliphatic rings. The first-order valence-electron chi connectivity index (χ1n) is 3.98. The Bertz CT molecular complexity index is 300. The quantitative estimate of drug-likeness (QED) is 0.731. The van der Waals surface area contributed by atoms with E-state index in [1.54, 1.807) is 6.92 Å². The minimum absolute atomic E-state index is 0.208. The third kappa shape index (κ3) is 4.05. The molecule has 0 heterocycles.